The number of ether oxygens (including phenoxy) is 2. The highest BCUT2D eigenvalue weighted by molar-refractivity contribution is 5.71. The molecule has 0 N–H and O–H groups in total. The van der Waals surface area contributed by atoms with E-state index < -0.39 is 0 Å². The first kappa shape index (κ1) is 12.9. The Morgan fingerprint density at radius 2 is 1.93 bits per heavy atom. The lowest BCUT2D eigenvalue weighted by Crippen LogP contribution is -2.21. The maximum Gasteiger partial charge on any atom is 0.309 e. The lowest BCUT2D eigenvalue weighted by Gasteiger charge is -2.14. The van der Waals surface area contributed by atoms with Crippen molar-refractivity contribution in [3.8, 4) is 0 Å². The molecule has 0 unspecified atom stereocenters. The first-order chi connectivity index (χ1) is 6.60. The molecule has 0 bridgehead atoms. The third-order valence-corrected chi connectivity index (χ3v) is 1.64. The van der Waals surface area contributed by atoms with Gasteiger partial charge >= 0.3 is 11.9 Å². The van der Waals surface area contributed by atoms with Crippen LogP contribution < -0.4 is 0 Å². The van der Waals surface area contributed by atoms with Crippen LogP contribution in [0.4, 0.5) is 0 Å². The van der Waals surface area contributed by atoms with Gasteiger partial charge in [-0.1, -0.05) is 13.3 Å². The highest BCUT2D eigenvalue weighted by Gasteiger charge is 2.16. The van der Waals surface area contributed by atoms with Crippen LogP contribution in [0.1, 0.15) is 40.0 Å². The van der Waals surface area contributed by atoms with E-state index in [9.17, 15) is 9.59 Å². The summed E-state index contributed by atoms with van der Waals surface area (Å²) >= 11 is 0. The molecule has 1 atom stereocenters. The maximum atomic E-state index is 11.1. The van der Waals surface area contributed by atoms with Crippen molar-refractivity contribution in [2.45, 2.75) is 46.1 Å². The van der Waals surface area contributed by atoms with Crippen molar-refractivity contribution in [2.24, 2.45) is 0 Å². The van der Waals surface area contributed by atoms with Gasteiger partial charge in [0.05, 0.1) is 13.0 Å². The zero-order valence-electron chi connectivity index (χ0n) is 9.04. The van der Waals surface area contributed by atoms with Crippen LogP contribution in [0.15, 0.2) is 0 Å². The fourth-order valence-electron chi connectivity index (χ4n) is 1.17. The van der Waals surface area contributed by atoms with Gasteiger partial charge in [-0.2, -0.15) is 0 Å². The van der Waals surface area contributed by atoms with E-state index in [0.717, 1.165) is 6.42 Å². The summed E-state index contributed by atoms with van der Waals surface area (Å²) in [7, 11) is 0. The van der Waals surface area contributed by atoms with Crippen molar-refractivity contribution in [1.29, 1.82) is 0 Å². The molecule has 4 heteroatoms. The largest absolute Gasteiger partial charge is 0.466 e. The molecule has 82 valence electrons. The topological polar surface area (TPSA) is 52.6 Å². The molecule has 0 rings (SSSR count). The Morgan fingerprint density at radius 3 is 2.36 bits per heavy atom. The van der Waals surface area contributed by atoms with Gasteiger partial charge in [-0.3, -0.25) is 9.59 Å². The van der Waals surface area contributed by atoms with Gasteiger partial charge in [0.25, 0.3) is 0 Å². The molecule has 0 radical (unpaired) electrons. The average Bonchev–Trinajstić information content (AvgIpc) is 2.03. The molecule has 0 aromatic heterocycles. The number of carbonyl (C=O) groups excluding carboxylic acids is 2. The molecule has 4 nitrogen and oxygen atoms in total. The number of hydrogen-bond acceptors (Lipinski definition) is 4. The van der Waals surface area contributed by atoms with E-state index in [2.05, 4.69) is 0 Å². The first-order valence-corrected chi connectivity index (χ1v) is 4.93. The lowest BCUT2D eigenvalue weighted by molar-refractivity contribution is -0.153. The van der Waals surface area contributed by atoms with Crippen molar-refractivity contribution in [3.05, 3.63) is 0 Å². The molecular weight excluding hydrogens is 184 g/mol. The Labute approximate surface area is 84.6 Å². The van der Waals surface area contributed by atoms with E-state index in [-0.39, 0.29) is 24.5 Å². The Hall–Kier alpha value is -1.06. The minimum absolute atomic E-state index is 0.154. The van der Waals surface area contributed by atoms with Gasteiger partial charge in [0.1, 0.15) is 6.10 Å². The van der Waals surface area contributed by atoms with Crippen LogP contribution in [0.5, 0.6) is 0 Å². The van der Waals surface area contributed by atoms with Crippen LogP contribution in [0.3, 0.4) is 0 Å². The summed E-state index contributed by atoms with van der Waals surface area (Å²) in [5.74, 6) is -0.667. The van der Waals surface area contributed by atoms with Gasteiger partial charge < -0.3 is 9.47 Å². The second-order valence-corrected chi connectivity index (χ2v) is 3.03. The first-order valence-electron chi connectivity index (χ1n) is 4.93. The smallest absolute Gasteiger partial charge is 0.309 e. The molecule has 0 aliphatic carbocycles. The summed E-state index contributed by atoms with van der Waals surface area (Å²) in [5.41, 5.74) is 0. The van der Waals surface area contributed by atoms with E-state index in [1.165, 1.54) is 6.92 Å². The van der Waals surface area contributed by atoms with Crippen molar-refractivity contribution < 1.29 is 19.1 Å². The van der Waals surface area contributed by atoms with Crippen LogP contribution >= 0.6 is 0 Å². The molecule has 0 aliphatic rings. The molecule has 0 amide bonds. The summed E-state index contributed by atoms with van der Waals surface area (Å²) in [6, 6.07) is 0. The third-order valence-electron chi connectivity index (χ3n) is 1.64. The molecule has 0 heterocycles. The number of hydrogen-bond donors (Lipinski definition) is 0. The van der Waals surface area contributed by atoms with E-state index in [1.54, 1.807) is 6.92 Å². The highest BCUT2D eigenvalue weighted by Crippen LogP contribution is 2.08. The van der Waals surface area contributed by atoms with Gasteiger partial charge in [-0.25, -0.2) is 0 Å². The van der Waals surface area contributed by atoms with Crippen molar-refractivity contribution >= 4 is 11.9 Å². The zero-order valence-corrected chi connectivity index (χ0v) is 9.04. The quantitative estimate of drug-likeness (QED) is 0.615. The summed E-state index contributed by atoms with van der Waals surface area (Å²) < 4.78 is 9.74. The molecular formula is C10H18O4. The second kappa shape index (κ2) is 7.35. The standard InChI is InChI=1S/C10H18O4/c1-4-6-9(14-8(3)11)7-10(12)13-5-2/h9H,4-7H2,1-3H3/t9-/m0/s1. The van der Waals surface area contributed by atoms with Gasteiger partial charge in [-0.15, -0.1) is 0 Å². The monoisotopic (exact) mass is 202 g/mol. The molecule has 0 aliphatic heterocycles. The molecule has 14 heavy (non-hydrogen) atoms. The minimum Gasteiger partial charge on any atom is -0.466 e. The molecule has 0 saturated carbocycles. The zero-order chi connectivity index (χ0) is 11.0. The number of esters is 2. The normalized spacial score (nSPS) is 11.9. The molecule has 0 spiro atoms. The van der Waals surface area contributed by atoms with Gasteiger partial charge in [-0.05, 0) is 13.3 Å². The van der Waals surface area contributed by atoms with Gasteiger partial charge in [0, 0.05) is 6.92 Å². The molecule has 0 saturated heterocycles. The fraction of sp³-hybridized carbons (Fsp3) is 0.800. The van der Waals surface area contributed by atoms with E-state index in [0.29, 0.717) is 13.0 Å². The Bertz CT molecular complexity index is 189. The summed E-state index contributed by atoms with van der Waals surface area (Å²) in [5, 5.41) is 0. The summed E-state index contributed by atoms with van der Waals surface area (Å²) in [6.45, 7) is 5.42. The van der Waals surface area contributed by atoms with Crippen LogP contribution in [0, 0.1) is 0 Å². The Balaban J connectivity index is 3.94. The van der Waals surface area contributed by atoms with E-state index in [1.807, 2.05) is 6.92 Å². The number of carbonyl (C=O) groups is 2. The van der Waals surface area contributed by atoms with Gasteiger partial charge in [0.15, 0.2) is 0 Å². The average molecular weight is 202 g/mol. The number of rotatable bonds is 6. The minimum atomic E-state index is -0.354. The summed E-state index contributed by atoms with van der Waals surface area (Å²) in [6.07, 6.45) is 1.38. The third kappa shape index (κ3) is 6.46. The fourth-order valence-corrected chi connectivity index (χ4v) is 1.17. The van der Waals surface area contributed by atoms with E-state index in [4.69, 9.17) is 9.47 Å². The SMILES string of the molecule is CCC[C@@H](CC(=O)OCC)OC(C)=O. The maximum absolute atomic E-state index is 11.1. The van der Waals surface area contributed by atoms with Crippen LogP contribution in [-0.4, -0.2) is 24.6 Å². The molecule has 0 fully saturated rings. The Morgan fingerprint density at radius 1 is 1.29 bits per heavy atom. The van der Waals surface area contributed by atoms with E-state index >= 15 is 0 Å². The highest BCUT2D eigenvalue weighted by atomic mass is 16.6. The lowest BCUT2D eigenvalue weighted by atomic mass is 10.1. The van der Waals surface area contributed by atoms with Crippen LogP contribution in [-0.2, 0) is 19.1 Å². The van der Waals surface area contributed by atoms with Crippen molar-refractivity contribution in [3.63, 3.8) is 0 Å². The molecule has 0 aromatic rings. The van der Waals surface area contributed by atoms with Crippen molar-refractivity contribution in [1.82, 2.24) is 0 Å². The predicted octanol–water partition coefficient (Wildman–Crippen LogP) is 1.67. The Kier molecular flexibility index (Phi) is 6.80. The van der Waals surface area contributed by atoms with Crippen LogP contribution in [0.2, 0.25) is 0 Å². The molecule has 0 aromatic carbocycles. The van der Waals surface area contributed by atoms with Crippen LogP contribution in [0.25, 0.3) is 0 Å². The second-order valence-electron chi connectivity index (χ2n) is 3.03. The van der Waals surface area contributed by atoms with Gasteiger partial charge in [0.2, 0.25) is 0 Å². The summed E-state index contributed by atoms with van der Waals surface area (Å²) in [4.78, 5) is 21.8. The van der Waals surface area contributed by atoms with Crippen molar-refractivity contribution in [2.75, 3.05) is 6.61 Å². The predicted molar refractivity (Wildman–Crippen MR) is 51.7 cm³/mol.